The lowest BCUT2D eigenvalue weighted by Crippen LogP contribution is -2.42. The second-order valence-electron chi connectivity index (χ2n) is 5.65. The summed E-state index contributed by atoms with van der Waals surface area (Å²) in [5.41, 5.74) is 0.390. The molecule has 0 unspecified atom stereocenters. The van der Waals surface area contributed by atoms with Gasteiger partial charge in [0.25, 0.3) is 0 Å². The highest BCUT2D eigenvalue weighted by atomic mass is 35.5. The largest absolute Gasteiger partial charge is 0.434 e. The van der Waals surface area contributed by atoms with Crippen LogP contribution in [-0.2, 0) is 16.6 Å². The van der Waals surface area contributed by atoms with Crippen LogP contribution in [0.2, 0.25) is 5.02 Å². The van der Waals surface area contributed by atoms with Gasteiger partial charge >= 0.3 is 6.61 Å². The van der Waals surface area contributed by atoms with Crippen LogP contribution in [0, 0.1) is 0 Å². The topological polar surface area (TPSA) is 83.0 Å². The van der Waals surface area contributed by atoms with Crippen molar-refractivity contribution in [3.63, 3.8) is 0 Å². The van der Waals surface area contributed by atoms with Gasteiger partial charge in [0.05, 0.1) is 12.3 Å². The zero-order valence-corrected chi connectivity index (χ0v) is 17.8. The van der Waals surface area contributed by atoms with E-state index in [-0.39, 0.29) is 24.6 Å². The van der Waals surface area contributed by atoms with Crippen LogP contribution in [0.5, 0.6) is 5.75 Å². The summed E-state index contributed by atoms with van der Waals surface area (Å²) in [6, 6.07) is 4.31. The molecule has 11 heteroatoms. The van der Waals surface area contributed by atoms with Gasteiger partial charge in [-0.3, -0.25) is 0 Å². The van der Waals surface area contributed by atoms with E-state index in [9.17, 15) is 17.2 Å². The molecule has 0 amide bonds. The first-order valence-corrected chi connectivity index (χ1v) is 10.9. The predicted molar refractivity (Wildman–Crippen MR) is 108 cm³/mol. The molecule has 1 rings (SSSR count). The van der Waals surface area contributed by atoms with Crippen molar-refractivity contribution in [1.82, 2.24) is 14.9 Å². The SMILES string of the molecule is CCNC(=NCc1cc(Cl)ccc1OC(F)F)NCCS(=O)(=O)N(CC)CC. The number of nitrogens with zero attached hydrogens (tertiary/aromatic N) is 2. The number of hydrogen-bond acceptors (Lipinski definition) is 4. The Hall–Kier alpha value is -1.65. The van der Waals surface area contributed by atoms with Gasteiger partial charge in [-0.1, -0.05) is 25.4 Å². The highest BCUT2D eigenvalue weighted by Crippen LogP contribution is 2.25. The molecule has 0 atom stereocenters. The average Bonchev–Trinajstić information content (AvgIpc) is 2.62. The maximum absolute atomic E-state index is 12.5. The van der Waals surface area contributed by atoms with Crippen LogP contribution in [0.4, 0.5) is 8.78 Å². The molecule has 0 spiro atoms. The molecule has 1 aromatic carbocycles. The van der Waals surface area contributed by atoms with Crippen LogP contribution in [-0.4, -0.2) is 57.2 Å². The molecule has 1 aromatic rings. The third kappa shape index (κ3) is 8.15. The second-order valence-corrected chi connectivity index (χ2v) is 8.18. The fraction of sp³-hybridized carbons (Fsp3) is 0.588. The Bertz CT molecular complexity index is 744. The highest BCUT2D eigenvalue weighted by molar-refractivity contribution is 7.89. The molecule has 0 fully saturated rings. The monoisotopic (exact) mass is 440 g/mol. The molecular formula is C17H27ClF2N4O3S. The van der Waals surface area contributed by atoms with Crippen LogP contribution in [0.3, 0.4) is 0 Å². The number of guanidine groups is 1. The molecule has 0 aliphatic rings. The van der Waals surface area contributed by atoms with E-state index in [4.69, 9.17) is 11.6 Å². The summed E-state index contributed by atoms with van der Waals surface area (Å²) < 4.78 is 55.4. The van der Waals surface area contributed by atoms with Crippen molar-refractivity contribution in [2.24, 2.45) is 4.99 Å². The van der Waals surface area contributed by atoms with Crippen molar-refractivity contribution in [3.05, 3.63) is 28.8 Å². The molecule has 0 radical (unpaired) electrons. The molecule has 28 heavy (non-hydrogen) atoms. The fourth-order valence-electron chi connectivity index (χ4n) is 2.43. The van der Waals surface area contributed by atoms with E-state index >= 15 is 0 Å². The molecule has 0 aliphatic heterocycles. The molecule has 0 bridgehead atoms. The number of hydrogen-bond donors (Lipinski definition) is 2. The number of rotatable bonds is 11. The first-order valence-electron chi connectivity index (χ1n) is 8.96. The number of alkyl halides is 2. The van der Waals surface area contributed by atoms with E-state index in [1.807, 2.05) is 6.92 Å². The van der Waals surface area contributed by atoms with Crippen molar-refractivity contribution < 1.29 is 21.9 Å². The minimum atomic E-state index is -3.36. The number of ether oxygens (including phenoxy) is 1. The smallest absolute Gasteiger partial charge is 0.387 e. The molecule has 7 nitrogen and oxygen atoms in total. The van der Waals surface area contributed by atoms with Crippen LogP contribution < -0.4 is 15.4 Å². The van der Waals surface area contributed by atoms with Crippen LogP contribution in [0.25, 0.3) is 0 Å². The van der Waals surface area contributed by atoms with Crippen molar-refractivity contribution in [2.75, 3.05) is 31.9 Å². The summed E-state index contributed by atoms with van der Waals surface area (Å²) in [5.74, 6) is 0.263. The van der Waals surface area contributed by atoms with E-state index in [1.54, 1.807) is 13.8 Å². The first-order chi connectivity index (χ1) is 13.2. The quantitative estimate of drug-likeness (QED) is 0.408. The lowest BCUT2D eigenvalue weighted by atomic mass is 10.2. The highest BCUT2D eigenvalue weighted by Gasteiger charge is 2.18. The lowest BCUT2D eigenvalue weighted by molar-refractivity contribution is -0.0504. The van der Waals surface area contributed by atoms with Crippen LogP contribution >= 0.6 is 11.6 Å². The van der Waals surface area contributed by atoms with Crippen LogP contribution in [0.15, 0.2) is 23.2 Å². The van der Waals surface area contributed by atoms with Gasteiger partial charge in [-0.2, -0.15) is 8.78 Å². The van der Waals surface area contributed by atoms with Crippen molar-refractivity contribution in [2.45, 2.75) is 33.9 Å². The standard InChI is InChI=1S/C17H27ClF2N4O3S/c1-4-21-17(22-9-10-28(25,26)24(5-2)6-3)23-12-13-11-14(18)7-8-15(13)27-16(19)20/h7-8,11,16H,4-6,9-10,12H2,1-3H3,(H2,21,22,23). The van der Waals surface area contributed by atoms with Crippen molar-refractivity contribution in [3.8, 4) is 5.75 Å². The maximum atomic E-state index is 12.5. The van der Waals surface area contributed by atoms with Gasteiger partial charge in [-0.15, -0.1) is 0 Å². The molecule has 2 N–H and O–H groups in total. The predicted octanol–water partition coefficient (Wildman–Crippen LogP) is 2.67. The van der Waals surface area contributed by atoms with E-state index in [2.05, 4.69) is 20.4 Å². The van der Waals surface area contributed by atoms with E-state index in [1.165, 1.54) is 22.5 Å². The molecule has 0 aromatic heterocycles. The lowest BCUT2D eigenvalue weighted by Gasteiger charge is -2.19. The van der Waals surface area contributed by atoms with E-state index in [0.717, 1.165) is 0 Å². The summed E-state index contributed by atoms with van der Waals surface area (Å²) in [6.45, 7) is 4.01. The molecular weight excluding hydrogens is 414 g/mol. The number of nitrogens with one attached hydrogen (secondary N) is 2. The normalized spacial score (nSPS) is 12.5. The van der Waals surface area contributed by atoms with Crippen molar-refractivity contribution in [1.29, 1.82) is 0 Å². The van der Waals surface area contributed by atoms with Crippen LogP contribution in [0.1, 0.15) is 26.3 Å². The third-order valence-electron chi connectivity index (χ3n) is 3.74. The van der Waals surface area contributed by atoms with Gasteiger partial charge in [0.15, 0.2) is 5.96 Å². The van der Waals surface area contributed by atoms with E-state index in [0.29, 0.717) is 36.2 Å². The van der Waals surface area contributed by atoms with Gasteiger partial charge in [0.2, 0.25) is 10.0 Å². The molecule has 160 valence electrons. The number of aliphatic imine (C=N–C) groups is 1. The minimum absolute atomic E-state index is 0.0110. The van der Waals surface area contributed by atoms with Gasteiger partial charge in [0.1, 0.15) is 5.75 Å². The van der Waals surface area contributed by atoms with Gasteiger partial charge in [-0.05, 0) is 25.1 Å². The Morgan fingerprint density at radius 1 is 1.25 bits per heavy atom. The van der Waals surface area contributed by atoms with Crippen molar-refractivity contribution >= 4 is 27.6 Å². The average molecular weight is 441 g/mol. The zero-order valence-electron chi connectivity index (χ0n) is 16.2. The molecule has 0 saturated carbocycles. The summed E-state index contributed by atoms with van der Waals surface area (Å²) in [5, 5.41) is 6.29. The van der Waals surface area contributed by atoms with Gasteiger partial charge < -0.3 is 15.4 Å². The summed E-state index contributed by atoms with van der Waals surface area (Å²) in [6.07, 6.45) is 0. The maximum Gasteiger partial charge on any atom is 0.387 e. The minimum Gasteiger partial charge on any atom is -0.434 e. The fourth-order valence-corrected chi connectivity index (χ4v) is 4.03. The van der Waals surface area contributed by atoms with Gasteiger partial charge in [-0.25, -0.2) is 17.7 Å². The Kier molecular flexibility index (Phi) is 10.5. The van der Waals surface area contributed by atoms with E-state index < -0.39 is 16.6 Å². The third-order valence-corrected chi connectivity index (χ3v) is 6.00. The second kappa shape index (κ2) is 12.0. The number of sulfonamides is 1. The Balaban J connectivity index is 2.81. The Morgan fingerprint density at radius 3 is 2.50 bits per heavy atom. The Morgan fingerprint density at radius 2 is 1.93 bits per heavy atom. The summed E-state index contributed by atoms with van der Waals surface area (Å²) in [7, 11) is -3.36. The van der Waals surface area contributed by atoms with Gasteiger partial charge in [0, 0.05) is 36.8 Å². The summed E-state index contributed by atoms with van der Waals surface area (Å²) in [4.78, 5) is 4.30. The number of halogens is 3. The molecule has 0 aliphatic carbocycles. The molecule has 0 heterocycles. The summed E-state index contributed by atoms with van der Waals surface area (Å²) >= 11 is 5.93. The Labute approximate surface area is 170 Å². The first kappa shape index (κ1) is 24.4. The number of benzene rings is 1. The zero-order chi connectivity index (χ0) is 21.2. The molecule has 0 saturated heterocycles.